The lowest BCUT2D eigenvalue weighted by atomic mass is 9.77. The van der Waals surface area contributed by atoms with Crippen molar-refractivity contribution in [3.8, 4) is 17.2 Å². The van der Waals surface area contributed by atoms with Gasteiger partial charge in [0.2, 0.25) is 18.4 Å². The first-order valence-corrected chi connectivity index (χ1v) is 14.4. The molecule has 3 aliphatic heterocycles. The molecular weight excluding hydrogens is 518 g/mol. The quantitative estimate of drug-likeness (QED) is 0.348. The molecule has 3 N–H and O–H groups in total. The summed E-state index contributed by atoms with van der Waals surface area (Å²) in [4.78, 5) is 30.5. The van der Waals surface area contributed by atoms with Gasteiger partial charge in [-0.3, -0.25) is 14.5 Å². The Labute approximate surface area is 236 Å². The molecule has 0 bridgehead atoms. The van der Waals surface area contributed by atoms with Gasteiger partial charge in [-0.25, -0.2) is 0 Å². The average molecular weight is 564 g/mol. The molecule has 0 aromatic heterocycles. The first-order valence-electron chi connectivity index (χ1n) is 14.4. The maximum absolute atomic E-state index is 13.6. The molecule has 2 fully saturated rings. The topological polar surface area (TPSA) is 133 Å². The Morgan fingerprint density at radius 3 is 2.55 bits per heavy atom. The van der Waals surface area contributed by atoms with E-state index in [1.54, 1.807) is 7.11 Å². The minimum Gasteiger partial charge on any atom is -0.493 e. The number of carbonyl (C=O) groups excluding carboxylic acids is 1. The Morgan fingerprint density at radius 2 is 1.90 bits per heavy atom. The van der Waals surface area contributed by atoms with Crippen LogP contribution in [0.15, 0.2) is 12.1 Å². The van der Waals surface area contributed by atoms with Gasteiger partial charge in [0, 0.05) is 37.0 Å². The van der Waals surface area contributed by atoms with Crippen LogP contribution in [-0.4, -0.2) is 99.0 Å². The van der Waals surface area contributed by atoms with Crippen molar-refractivity contribution in [2.45, 2.75) is 64.7 Å². The van der Waals surface area contributed by atoms with E-state index in [-0.39, 0.29) is 19.2 Å². The lowest BCUT2D eigenvalue weighted by Crippen LogP contribution is -2.47. The molecule has 3 aliphatic rings. The van der Waals surface area contributed by atoms with Crippen molar-refractivity contribution >= 4 is 11.9 Å². The van der Waals surface area contributed by atoms with E-state index < -0.39 is 35.6 Å². The SMILES string of the molecule is CCCCN(CCCN)C(=O)CN1CC(c2cc(OC)c3c(c2)OCO3)C(C(=O)O)C1CC(C)(C)C1OCCO1. The Kier molecular flexibility index (Phi) is 10.2. The van der Waals surface area contributed by atoms with Crippen molar-refractivity contribution in [3.63, 3.8) is 0 Å². The molecule has 3 unspecified atom stereocenters. The highest BCUT2D eigenvalue weighted by molar-refractivity contribution is 5.79. The third-order valence-corrected chi connectivity index (χ3v) is 8.24. The summed E-state index contributed by atoms with van der Waals surface area (Å²) >= 11 is 0. The summed E-state index contributed by atoms with van der Waals surface area (Å²) < 4.78 is 28.4. The van der Waals surface area contributed by atoms with E-state index in [1.807, 2.05) is 35.8 Å². The van der Waals surface area contributed by atoms with E-state index >= 15 is 0 Å². The van der Waals surface area contributed by atoms with Crippen molar-refractivity contribution in [2.75, 3.05) is 59.8 Å². The fourth-order valence-electron chi connectivity index (χ4n) is 6.16. The van der Waals surface area contributed by atoms with Crippen molar-refractivity contribution in [1.29, 1.82) is 0 Å². The van der Waals surface area contributed by atoms with Crippen LogP contribution in [0.5, 0.6) is 17.2 Å². The van der Waals surface area contributed by atoms with Crippen LogP contribution >= 0.6 is 0 Å². The molecule has 40 heavy (non-hydrogen) atoms. The van der Waals surface area contributed by atoms with E-state index in [0.29, 0.717) is 63.1 Å². The molecule has 11 heteroatoms. The minimum absolute atomic E-state index is 0.00821. The number of carbonyl (C=O) groups is 2. The van der Waals surface area contributed by atoms with Crippen LogP contribution in [0.3, 0.4) is 0 Å². The molecule has 224 valence electrons. The Bertz CT molecular complexity index is 1020. The number of unbranched alkanes of at least 4 members (excludes halogenated alkanes) is 1. The molecule has 0 spiro atoms. The highest BCUT2D eigenvalue weighted by Crippen LogP contribution is 2.48. The predicted octanol–water partition coefficient (Wildman–Crippen LogP) is 2.66. The van der Waals surface area contributed by atoms with Crippen LogP contribution in [0, 0.1) is 11.3 Å². The fraction of sp³-hybridized carbons (Fsp3) is 0.724. The molecule has 11 nitrogen and oxygen atoms in total. The number of amides is 1. The van der Waals surface area contributed by atoms with Gasteiger partial charge in [0.1, 0.15) is 0 Å². The van der Waals surface area contributed by atoms with Crippen molar-refractivity contribution < 1.29 is 38.4 Å². The van der Waals surface area contributed by atoms with Crippen molar-refractivity contribution in [1.82, 2.24) is 9.80 Å². The van der Waals surface area contributed by atoms with E-state index in [2.05, 4.69) is 6.92 Å². The molecule has 0 saturated carbocycles. The number of hydrogen-bond donors (Lipinski definition) is 2. The molecule has 1 aromatic rings. The maximum atomic E-state index is 13.6. The Balaban J connectivity index is 1.67. The number of aliphatic carboxylic acids is 1. The first kappa shape index (κ1) is 30.4. The van der Waals surface area contributed by atoms with E-state index in [0.717, 1.165) is 24.8 Å². The Hall–Kier alpha value is -2.60. The third kappa shape index (κ3) is 6.64. The molecule has 3 atom stereocenters. The summed E-state index contributed by atoms with van der Waals surface area (Å²) in [7, 11) is 1.55. The number of fused-ring (bicyclic) bond motifs is 1. The van der Waals surface area contributed by atoms with Crippen LogP contribution in [0.2, 0.25) is 0 Å². The second-order valence-corrected chi connectivity index (χ2v) is 11.6. The van der Waals surface area contributed by atoms with Crippen LogP contribution in [0.4, 0.5) is 0 Å². The second kappa shape index (κ2) is 13.4. The number of rotatable bonds is 14. The lowest BCUT2D eigenvalue weighted by Gasteiger charge is -2.37. The fourth-order valence-corrected chi connectivity index (χ4v) is 6.16. The zero-order valence-corrected chi connectivity index (χ0v) is 24.2. The van der Waals surface area contributed by atoms with Crippen LogP contribution in [0.1, 0.15) is 57.9 Å². The molecule has 0 radical (unpaired) electrons. The first-order chi connectivity index (χ1) is 19.2. The van der Waals surface area contributed by atoms with Gasteiger partial charge in [0.25, 0.3) is 0 Å². The molecule has 3 heterocycles. The summed E-state index contributed by atoms with van der Waals surface area (Å²) in [5.74, 6) is -0.531. The largest absolute Gasteiger partial charge is 0.493 e. The number of likely N-dealkylation sites (tertiary alicyclic amines) is 1. The average Bonchev–Trinajstić information content (AvgIpc) is 3.69. The number of ether oxygens (including phenoxy) is 5. The molecule has 1 amide bonds. The number of carboxylic acid groups (broad SMARTS) is 1. The maximum Gasteiger partial charge on any atom is 0.308 e. The highest BCUT2D eigenvalue weighted by Gasteiger charge is 2.51. The summed E-state index contributed by atoms with van der Waals surface area (Å²) in [6.07, 6.45) is 2.65. The van der Waals surface area contributed by atoms with E-state index in [4.69, 9.17) is 29.4 Å². The van der Waals surface area contributed by atoms with E-state index in [9.17, 15) is 14.7 Å². The van der Waals surface area contributed by atoms with Crippen LogP contribution in [0.25, 0.3) is 0 Å². The Morgan fingerprint density at radius 1 is 1.18 bits per heavy atom. The molecule has 0 aliphatic carbocycles. The molecule has 2 saturated heterocycles. The molecular formula is C29H45N3O8. The number of benzene rings is 1. The highest BCUT2D eigenvalue weighted by atomic mass is 16.7. The van der Waals surface area contributed by atoms with Crippen LogP contribution in [-0.2, 0) is 19.1 Å². The van der Waals surface area contributed by atoms with Crippen LogP contribution < -0.4 is 19.9 Å². The normalized spacial score (nSPS) is 23.1. The minimum atomic E-state index is -0.906. The van der Waals surface area contributed by atoms with Crippen molar-refractivity contribution in [3.05, 3.63) is 17.7 Å². The van der Waals surface area contributed by atoms with Gasteiger partial charge in [-0.15, -0.1) is 0 Å². The third-order valence-electron chi connectivity index (χ3n) is 8.24. The molecule has 4 rings (SSSR count). The lowest BCUT2D eigenvalue weighted by molar-refractivity contribution is -0.148. The van der Waals surface area contributed by atoms with Gasteiger partial charge in [0.05, 0.1) is 32.8 Å². The number of hydrogen-bond acceptors (Lipinski definition) is 9. The smallest absolute Gasteiger partial charge is 0.308 e. The van der Waals surface area contributed by atoms with Gasteiger partial charge in [-0.1, -0.05) is 27.2 Å². The van der Waals surface area contributed by atoms with Gasteiger partial charge in [0.15, 0.2) is 17.8 Å². The van der Waals surface area contributed by atoms with Gasteiger partial charge < -0.3 is 39.4 Å². The van der Waals surface area contributed by atoms with Gasteiger partial charge in [-0.2, -0.15) is 0 Å². The summed E-state index contributed by atoms with van der Waals surface area (Å²) in [5, 5.41) is 10.6. The number of nitrogens with zero attached hydrogens (tertiary/aromatic N) is 2. The number of carboxylic acids is 1. The zero-order chi connectivity index (χ0) is 28.9. The summed E-state index contributed by atoms with van der Waals surface area (Å²) in [5.41, 5.74) is 6.06. The predicted molar refractivity (Wildman–Crippen MR) is 148 cm³/mol. The standard InChI is InChI=1S/C29H45N3O8/c1-5-6-9-31(10-7-8-30)24(33)17-32-16-20(19-13-22(36-4)26-23(14-19)39-18-40-26)25(27(34)35)21(32)15-29(2,3)28-37-11-12-38-28/h13-14,20-21,25,28H,5-12,15-18,30H2,1-4H3,(H,34,35). The second-order valence-electron chi connectivity index (χ2n) is 11.6. The molecule has 1 aromatic carbocycles. The van der Waals surface area contributed by atoms with Gasteiger partial charge in [-0.05, 0) is 43.5 Å². The number of nitrogens with two attached hydrogens (primary N) is 1. The van der Waals surface area contributed by atoms with Gasteiger partial charge >= 0.3 is 5.97 Å². The van der Waals surface area contributed by atoms with Crippen molar-refractivity contribution in [2.24, 2.45) is 17.1 Å². The van der Waals surface area contributed by atoms with E-state index in [1.165, 1.54) is 0 Å². The monoisotopic (exact) mass is 563 g/mol. The number of methoxy groups -OCH3 is 1. The summed E-state index contributed by atoms with van der Waals surface area (Å²) in [6, 6.07) is 3.25. The summed E-state index contributed by atoms with van der Waals surface area (Å²) in [6.45, 7) is 9.56. The zero-order valence-electron chi connectivity index (χ0n) is 24.2.